The summed E-state index contributed by atoms with van der Waals surface area (Å²) in [6, 6.07) is 9.36. The van der Waals surface area contributed by atoms with Crippen LogP contribution in [0, 0.1) is 23.2 Å². The standard InChI is InChI=1S/C21H28N2O2/c1-14(19(24)22-13-15-5-3-2-4-6-15)23-20(25)21-10-16-7-17(11-21)9-18(8-16)12-21/h2-6,14,16-18H,7-13H2,1H3,(H,22,24)(H,23,25)/t14-,16?,17?,18?,21?/m1/s1. The van der Waals surface area contributed by atoms with E-state index in [9.17, 15) is 9.59 Å². The SMILES string of the molecule is C[C@@H](NC(=O)C12CC3CC(CC(C3)C1)C2)C(=O)NCc1ccccc1. The van der Waals surface area contributed by atoms with Crippen LogP contribution in [0.2, 0.25) is 0 Å². The van der Waals surface area contributed by atoms with E-state index in [0.717, 1.165) is 42.6 Å². The van der Waals surface area contributed by atoms with Gasteiger partial charge in [0.05, 0.1) is 0 Å². The van der Waals surface area contributed by atoms with Crippen molar-refractivity contribution in [3.8, 4) is 0 Å². The highest BCUT2D eigenvalue weighted by Gasteiger charge is 2.54. The molecule has 1 atom stereocenters. The normalized spacial score (nSPS) is 33.7. The summed E-state index contributed by atoms with van der Waals surface area (Å²) in [6.07, 6.45) is 7.05. The molecule has 0 saturated heterocycles. The highest BCUT2D eigenvalue weighted by molar-refractivity contribution is 5.90. The van der Waals surface area contributed by atoms with Crippen LogP contribution >= 0.6 is 0 Å². The Balaban J connectivity index is 1.33. The van der Waals surface area contributed by atoms with Gasteiger partial charge in [0.2, 0.25) is 11.8 Å². The Morgan fingerprint density at radius 3 is 2.16 bits per heavy atom. The lowest BCUT2D eigenvalue weighted by atomic mass is 9.49. The molecule has 0 unspecified atom stereocenters. The van der Waals surface area contributed by atoms with E-state index in [2.05, 4.69) is 10.6 Å². The van der Waals surface area contributed by atoms with Gasteiger partial charge in [-0.25, -0.2) is 0 Å². The molecule has 25 heavy (non-hydrogen) atoms. The van der Waals surface area contributed by atoms with Crippen LogP contribution in [0.15, 0.2) is 30.3 Å². The molecule has 0 spiro atoms. The first-order valence-corrected chi connectivity index (χ1v) is 9.67. The van der Waals surface area contributed by atoms with Crippen LogP contribution in [0.1, 0.15) is 51.0 Å². The molecule has 4 aliphatic carbocycles. The smallest absolute Gasteiger partial charge is 0.242 e. The number of nitrogens with one attached hydrogen (secondary N) is 2. The predicted octanol–water partition coefficient (Wildman–Crippen LogP) is 3.02. The number of hydrogen-bond donors (Lipinski definition) is 2. The van der Waals surface area contributed by atoms with E-state index in [4.69, 9.17) is 0 Å². The summed E-state index contributed by atoms with van der Waals surface area (Å²) in [6.45, 7) is 2.29. The monoisotopic (exact) mass is 340 g/mol. The minimum Gasteiger partial charge on any atom is -0.350 e. The van der Waals surface area contributed by atoms with Crippen LogP contribution in [0.4, 0.5) is 0 Å². The molecule has 4 nitrogen and oxygen atoms in total. The zero-order valence-electron chi connectivity index (χ0n) is 15.0. The molecule has 134 valence electrons. The number of rotatable bonds is 5. The van der Waals surface area contributed by atoms with Crippen molar-refractivity contribution in [2.45, 2.75) is 58.0 Å². The van der Waals surface area contributed by atoms with Gasteiger partial charge in [-0.1, -0.05) is 30.3 Å². The fourth-order valence-electron chi connectivity index (χ4n) is 5.74. The molecule has 0 aromatic heterocycles. The van der Waals surface area contributed by atoms with Gasteiger partial charge < -0.3 is 10.6 Å². The average Bonchev–Trinajstić information content (AvgIpc) is 2.59. The molecule has 5 rings (SSSR count). The minimum atomic E-state index is -0.482. The van der Waals surface area contributed by atoms with E-state index in [1.54, 1.807) is 6.92 Å². The summed E-state index contributed by atoms with van der Waals surface area (Å²) >= 11 is 0. The molecule has 1 aromatic carbocycles. The second kappa shape index (κ2) is 6.47. The molecule has 2 N–H and O–H groups in total. The van der Waals surface area contributed by atoms with Gasteiger partial charge in [-0.15, -0.1) is 0 Å². The summed E-state index contributed by atoms with van der Waals surface area (Å²) in [4.78, 5) is 25.3. The third-order valence-electron chi connectivity index (χ3n) is 6.57. The summed E-state index contributed by atoms with van der Waals surface area (Å²) in [7, 11) is 0. The van der Waals surface area contributed by atoms with Gasteiger partial charge in [-0.05, 0) is 68.8 Å². The summed E-state index contributed by atoms with van der Waals surface area (Å²) in [5.74, 6) is 2.22. The first-order valence-electron chi connectivity index (χ1n) is 9.67. The number of hydrogen-bond acceptors (Lipinski definition) is 2. The maximum Gasteiger partial charge on any atom is 0.242 e. The van der Waals surface area contributed by atoms with E-state index >= 15 is 0 Å². The lowest BCUT2D eigenvalue weighted by Crippen LogP contribution is -2.56. The van der Waals surface area contributed by atoms with Crippen LogP contribution in [0.3, 0.4) is 0 Å². The van der Waals surface area contributed by atoms with E-state index in [-0.39, 0.29) is 17.2 Å². The lowest BCUT2D eigenvalue weighted by Gasteiger charge is -2.55. The van der Waals surface area contributed by atoms with Gasteiger partial charge in [0, 0.05) is 12.0 Å². The fraction of sp³-hybridized carbons (Fsp3) is 0.619. The van der Waals surface area contributed by atoms with E-state index in [0.29, 0.717) is 6.54 Å². The second-order valence-electron chi connectivity index (χ2n) is 8.60. The summed E-state index contributed by atoms with van der Waals surface area (Å²) in [5.41, 5.74) is 0.873. The zero-order chi connectivity index (χ0) is 17.4. The van der Waals surface area contributed by atoms with Gasteiger partial charge in [0.25, 0.3) is 0 Å². The van der Waals surface area contributed by atoms with Crippen LogP contribution in [-0.2, 0) is 16.1 Å². The maximum absolute atomic E-state index is 13.0. The molecule has 0 aliphatic heterocycles. The number of amides is 2. The first kappa shape index (κ1) is 16.6. The molecular weight excluding hydrogens is 312 g/mol. The van der Waals surface area contributed by atoms with Crippen molar-refractivity contribution in [1.82, 2.24) is 10.6 Å². The van der Waals surface area contributed by atoms with Gasteiger partial charge >= 0.3 is 0 Å². The Kier molecular flexibility index (Phi) is 4.30. The molecule has 4 bridgehead atoms. The summed E-state index contributed by atoms with van der Waals surface area (Å²) in [5, 5.41) is 5.95. The number of carbonyl (C=O) groups excluding carboxylic acids is 2. The van der Waals surface area contributed by atoms with Crippen molar-refractivity contribution in [1.29, 1.82) is 0 Å². The highest BCUT2D eigenvalue weighted by atomic mass is 16.2. The quantitative estimate of drug-likeness (QED) is 0.866. The second-order valence-corrected chi connectivity index (χ2v) is 8.60. The van der Waals surface area contributed by atoms with Crippen molar-refractivity contribution in [2.75, 3.05) is 0 Å². The lowest BCUT2D eigenvalue weighted by molar-refractivity contribution is -0.148. The average molecular weight is 340 g/mol. The number of carbonyl (C=O) groups is 2. The van der Waals surface area contributed by atoms with E-state index in [1.807, 2.05) is 30.3 Å². The Morgan fingerprint density at radius 2 is 1.60 bits per heavy atom. The van der Waals surface area contributed by atoms with Crippen molar-refractivity contribution in [2.24, 2.45) is 23.2 Å². The molecule has 0 heterocycles. The predicted molar refractivity (Wildman–Crippen MR) is 96.5 cm³/mol. The van der Waals surface area contributed by atoms with Crippen LogP contribution in [0.5, 0.6) is 0 Å². The topological polar surface area (TPSA) is 58.2 Å². The Morgan fingerprint density at radius 1 is 1.04 bits per heavy atom. The van der Waals surface area contributed by atoms with E-state index in [1.165, 1.54) is 19.3 Å². The van der Waals surface area contributed by atoms with Crippen molar-refractivity contribution >= 4 is 11.8 Å². The van der Waals surface area contributed by atoms with E-state index < -0.39 is 6.04 Å². The molecule has 4 saturated carbocycles. The molecule has 0 radical (unpaired) electrons. The fourth-order valence-corrected chi connectivity index (χ4v) is 5.74. The van der Waals surface area contributed by atoms with Crippen LogP contribution in [0.25, 0.3) is 0 Å². The van der Waals surface area contributed by atoms with Gasteiger partial charge in [-0.2, -0.15) is 0 Å². The Bertz CT molecular complexity index is 620. The maximum atomic E-state index is 13.0. The van der Waals surface area contributed by atoms with Gasteiger partial charge in [0.1, 0.15) is 6.04 Å². The molecule has 4 aliphatic rings. The summed E-state index contributed by atoms with van der Waals surface area (Å²) < 4.78 is 0. The van der Waals surface area contributed by atoms with Crippen molar-refractivity contribution < 1.29 is 9.59 Å². The Labute approximate surface area is 149 Å². The largest absolute Gasteiger partial charge is 0.350 e. The van der Waals surface area contributed by atoms with Crippen LogP contribution < -0.4 is 10.6 Å². The van der Waals surface area contributed by atoms with Gasteiger partial charge in [-0.3, -0.25) is 9.59 Å². The van der Waals surface area contributed by atoms with Crippen molar-refractivity contribution in [3.63, 3.8) is 0 Å². The minimum absolute atomic E-state index is 0.109. The molecule has 1 aromatic rings. The van der Waals surface area contributed by atoms with Crippen molar-refractivity contribution in [3.05, 3.63) is 35.9 Å². The highest BCUT2D eigenvalue weighted by Crippen LogP contribution is 2.60. The third kappa shape index (κ3) is 3.31. The third-order valence-corrected chi connectivity index (χ3v) is 6.57. The first-order chi connectivity index (χ1) is 12.0. The zero-order valence-corrected chi connectivity index (χ0v) is 15.0. The Hall–Kier alpha value is -1.84. The number of benzene rings is 1. The van der Waals surface area contributed by atoms with Gasteiger partial charge in [0.15, 0.2) is 0 Å². The molecule has 2 amide bonds. The molecule has 4 fully saturated rings. The van der Waals surface area contributed by atoms with Crippen LogP contribution in [-0.4, -0.2) is 17.9 Å². The molecule has 4 heteroatoms. The molecular formula is C21H28N2O2.